The third-order valence-corrected chi connectivity index (χ3v) is 4.93. The number of morpholine rings is 1. The number of benzene rings is 1. The van der Waals surface area contributed by atoms with E-state index in [2.05, 4.69) is 30.1 Å². The zero-order valence-corrected chi connectivity index (χ0v) is 15.5. The molecule has 2 saturated heterocycles. The quantitative estimate of drug-likeness (QED) is 0.888. The minimum absolute atomic E-state index is 0.0114. The molecule has 3 rings (SSSR count). The summed E-state index contributed by atoms with van der Waals surface area (Å²) in [6, 6.07) is 8.13. The van der Waals surface area contributed by atoms with Crippen molar-refractivity contribution in [2.24, 2.45) is 0 Å². The Hall–Kier alpha value is -1.79. The van der Waals surface area contributed by atoms with Gasteiger partial charge in [-0.1, -0.05) is 12.1 Å². The number of carbonyl (C=O) groups excluding carboxylic acids is 1. The molecular weight excluding hydrogens is 318 g/mol. The van der Waals surface area contributed by atoms with Crippen molar-refractivity contribution in [2.45, 2.75) is 31.8 Å². The van der Waals surface area contributed by atoms with E-state index in [0.29, 0.717) is 0 Å². The third kappa shape index (κ3) is 4.44. The average molecular weight is 347 g/mol. The molecule has 2 fully saturated rings. The topological polar surface area (TPSA) is 54.0 Å². The lowest BCUT2D eigenvalue weighted by Gasteiger charge is -2.44. The molecule has 2 aliphatic rings. The number of hydrogen-bond donors (Lipinski definition) is 1. The van der Waals surface area contributed by atoms with Crippen LogP contribution in [-0.4, -0.2) is 67.9 Å². The van der Waals surface area contributed by atoms with Gasteiger partial charge in [0.2, 0.25) is 0 Å². The number of carbonyl (C=O) groups is 1. The number of likely N-dealkylation sites (tertiary alicyclic amines) is 1. The molecule has 6 heteroatoms. The summed E-state index contributed by atoms with van der Waals surface area (Å²) in [6.45, 7) is 9.19. The molecule has 1 N–H and O–H groups in total. The molecule has 0 saturated carbocycles. The second-order valence-corrected chi connectivity index (χ2v) is 7.48. The highest BCUT2D eigenvalue weighted by molar-refractivity contribution is 5.76. The highest BCUT2D eigenvalue weighted by Crippen LogP contribution is 2.34. The van der Waals surface area contributed by atoms with Crippen molar-refractivity contribution in [3.63, 3.8) is 0 Å². The number of methoxy groups -OCH3 is 1. The largest absolute Gasteiger partial charge is 0.497 e. The summed E-state index contributed by atoms with van der Waals surface area (Å²) < 4.78 is 10.7. The molecule has 1 atom stereocenters. The number of amides is 2. The monoisotopic (exact) mass is 347 g/mol. The summed E-state index contributed by atoms with van der Waals surface area (Å²) in [5.41, 5.74) is 0.856. The van der Waals surface area contributed by atoms with E-state index < -0.39 is 0 Å². The smallest absolute Gasteiger partial charge is 0.318 e. The Morgan fingerprint density at radius 1 is 1.32 bits per heavy atom. The average Bonchev–Trinajstić information content (AvgIpc) is 2.53. The van der Waals surface area contributed by atoms with Crippen LogP contribution in [0.15, 0.2) is 24.3 Å². The minimum atomic E-state index is -0.275. The molecule has 25 heavy (non-hydrogen) atoms. The molecule has 0 unspecified atom stereocenters. The van der Waals surface area contributed by atoms with Gasteiger partial charge in [-0.25, -0.2) is 4.79 Å². The van der Waals surface area contributed by atoms with E-state index >= 15 is 0 Å². The van der Waals surface area contributed by atoms with Crippen molar-refractivity contribution in [1.82, 2.24) is 15.1 Å². The van der Waals surface area contributed by atoms with Gasteiger partial charge in [0.05, 0.1) is 26.4 Å². The normalized spacial score (nSPS) is 21.6. The van der Waals surface area contributed by atoms with Crippen molar-refractivity contribution in [3.8, 4) is 5.75 Å². The van der Waals surface area contributed by atoms with Gasteiger partial charge in [0.1, 0.15) is 5.75 Å². The van der Waals surface area contributed by atoms with Crippen molar-refractivity contribution >= 4 is 6.03 Å². The molecule has 1 aromatic rings. The van der Waals surface area contributed by atoms with Gasteiger partial charge in [-0.15, -0.1) is 0 Å². The first-order chi connectivity index (χ1) is 12.0. The summed E-state index contributed by atoms with van der Waals surface area (Å²) in [6.07, 6.45) is 0.991. The molecule has 1 aromatic carbocycles. The Kier molecular flexibility index (Phi) is 5.49. The second kappa shape index (κ2) is 7.62. The highest BCUT2D eigenvalue weighted by atomic mass is 16.5. The van der Waals surface area contributed by atoms with Crippen molar-refractivity contribution < 1.29 is 14.3 Å². The van der Waals surface area contributed by atoms with Crippen LogP contribution < -0.4 is 10.1 Å². The molecule has 2 aliphatic heterocycles. The predicted molar refractivity (Wildman–Crippen MR) is 96.9 cm³/mol. The Bertz CT molecular complexity index is 599. The van der Waals surface area contributed by atoms with E-state index in [1.807, 2.05) is 23.1 Å². The summed E-state index contributed by atoms with van der Waals surface area (Å²) >= 11 is 0. The summed E-state index contributed by atoms with van der Waals surface area (Å²) in [5, 5.41) is 3.21. The van der Waals surface area contributed by atoms with Crippen LogP contribution in [0, 0.1) is 0 Å². The fourth-order valence-corrected chi connectivity index (χ4v) is 3.54. The zero-order valence-electron chi connectivity index (χ0n) is 15.5. The standard InChI is InChI=1S/C19H29N3O3/c1-19(2,14-21-9-11-25-12-10-21)20-18(23)22-8-7-17(22)15-5-4-6-16(13-15)24-3/h4-6,13,17H,7-12,14H2,1-3H3,(H,20,23)/t17-/m1/s1. The maximum Gasteiger partial charge on any atom is 0.318 e. The van der Waals surface area contributed by atoms with E-state index in [-0.39, 0.29) is 17.6 Å². The van der Waals surface area contributed by atoms with Gasteiger partial charge >= 0.3 is 6.03 Å². The molecule has 138 valence electrons. The molecule has 0 aromatic heterocycles. The predicted octanol–water partition coefficient (Wildman–Crippen LogP) is 2.26. The second-order valence-electron chi connectivity index (χ2n) is 7.48. The fraction of sp³-hybridized carbons (Fsp3) is 0.632. The van der Waals surface area contributed by atoms with Crippen LogP contribution in [0.4, 0.5) is 4.79 Å². The number of nitrogens with one attached hydrogen (secondary N) is 1. The van der Waals surface area contributed by atoms with Crippen LogP contribution in [0.5, 0.6) is 5.75 Å². The third-order valence-electron chi connectivity index (χ3n) is 4.93. The van der Waals surface area contributed by atoms with Crippen LogP contribution in [0.3, 0.4) is 0 Å². The van der Waals surface area contributed by atoms with Crippen molar-refractivity contribution in [3.05, 3.63) is 29.8 Å². The summed E-state index contributed by atoms with van der Waals surface area (Å²) in [4.78, 5) is 17.0. The van der Waals surface area contributed by atoms with Crippen LogP contribution in [0.2, 0.25) is 0 Å². The van der Waals surface area contributed by atoms with Gasteiger partial charge in [-0.05, 0) is 38.0 Å². The molecule has 6 nitrogen and oxygen atoms in total. The van der Waals surface area contributed by atoms with E-state index in [0.717, 1.165) is 57.1 Å². The lowest BCUT2D eigenvalue weighted by atomic mass is 9.94. The van der Waals surface area contributed by atoms with Gasteiger partial charge in [0.15, 0.2) is 0 Å². The van der Waals surface area contributed by atoms with E-state index in [4.69, 9.17) is 9.47 Å². The van der Waals surface area contributed by atoms with Gasteiger partial charge in [-0.2, -0.15) is 0 Å². The fourth-order valence-electron chi connectivity index (χ4n) is 3.54. The summed E-state index contributed by atoms with van der Waals surface area (Å²) in [7, 11) is 1.67. The lowest BCUT2D eigenvalue weighted by Crippen LogP contribution is -2.59. The molecule has 0 spiro atoms. The minimum Gasteiger partial charge on any atom is -0.497 e. The Morgan fingerprint density at radius 3 is 2.72 bits per heavy atom. The van der Waals surface area contributed by atoms with Crippen LogP contribution in [-0.2, 0) is 4.74 Å². The number of rotatable bonds is 5. The Labute approximate surface area is 150 Å². The molecule has 0 aliphatic carbocycles. The van der Waals surface area contributed by atoms with Crippen LogP contribution >= 0.6 is 0 Å². The lowest BCUT2D eigenvalue weighted by molar-refractivity contribution is 0.0265. The number of nitrogens with zero attached hydrogens (tertiary/aromatic N) is 2. The van der Waals surface area contributed by atoms with Crippen LogP contribution in [0.25, 0.3) is 0 Å². The number of ether oxygens (including phenoxy) is 2. The maximum absolute atomic E-state index is 12.8. The van der Waals surface area contributed by atoms with Crippen LogP contribution in [0.1, 0.15) is 31.9 Å². The number of hydrogen-bond acceptors (Lipinski definition) is 4. The first-order valence-corrected chi connectivity index (χ1v) is 9.01. The molecular formula is C19H29N3O3. The zero-order chi connectivity index (χ0) is 17.9. The summed E-state index contributed by atoms with van der Waals surface area (Å²) in [5.74, 6) is 0.831. The highest BCUT2D eigenvalue weighted by Gasteiger charge is 2.36. The Morgan fingerprint density at radius 2 is 2.08 bits per heavy atom. The van der Waals surface area contributed by atoms with E-state index in [9.17, 15) is 4.79 Å². The van der Waals surface area contributed by atoms with Crippen molar-refractivity contribution in [1.29, 1.82) is 0 Å². The van der Waals surface area contributed by atoms with Crippen molar-refractivity contribution in [2.75, 3.05) is 46.5 Å². The van der Waals surface area contributed by atoms with E-state index in [1.165, 1.54) is 0 Å². The van der Waals surface area contributed by atoms with Gasteiger partial charge in [0.25, 0.3) is 0 Å². The number of urea groups is 1. The first-order valence-electron chi connectivity index (χ1n) is 9.01. The molecule has 0 bridgehead atoms. The maximum atomic E-state index is 12.8. The van der Waals surface area contributed by atoms with Gasteiger partial charge < -0.3 is 19.7 Å². The Balaban J connectivity index is 1.58. The molecule has 2 amide bonds. The molecule has 0 radical (unpaired) electrons. The SMILES string of the molecule is COc1cccc([C@H]2CCN2C(=O)NC(C)(C)CN2CCOCC2)c1. The van der Waals surface area contributed by atoms with Gasteiger partial charge in [-0.3, -0.25) is 4.90 Å². The van der Waals surface area contributed by atoms with E-state index in [1.54, 1.807) is 7.11 Å². The molecule has 2 heterocycles. The first kappa shape index (κ1) is 18.0. The van der Waals surface area contributed by atoms with Gasteiger partial charge in [0, 0.05) is 31.7 Å².